The first-order chi connectivity index (χ1) is 8.94. The molecular formula is C14H21NO4. The fourth-order valence-electron chi connectivity index (χ4n) is 3.34. The molecule has 19 heavy (non-hydrogen) atoms. The van der Waals surface area contributed by atoms with Crippen molar-refractivity contribution in [3.63, 3.8) is 0 Å². The van der Waals surface area contributed by atoms with Crippen molar-refractivity contribution in [1.29, 1.82) is 0 Å². The van der Waals surface area contributed by atoms with Gasteiger partial charge in [0.05, 0.1) is 17.9 Å². The molecule has 2 atom stereocenters. The van der Waals surface area contributed by atoms with Gasteiger partial charge >= 0.3 is 5.97 Å². The number of hydrogen-bond acceptors (Lipinski definition) is 5. The van der Waals surface area contributed by atoms with Gasteiger partial charge in [0.15, 0.2) is 11.6 Å². The van der Waals surface area contributed by atoms with Crippen LogP contribution in [-0.4, -0.2) is 49.2 Å². The largest absolute Gasteiger partial charge is 0.465 e. The molecule has 2 fully saturated rings. The first-order valence-corrected chi connectivity index (χ1v) is 6.87. The van der Waals surface area contributed by atoms with Crippen LogP contribution >= 0.6 is 0 Å². The van der Waals surface area contributed by atoms with Gasteiger partial charge < -0.3 is 9.64 Å². The molecule has 1 aliphatic carbocycles. The van der Waals surface area contributed by atoms with E-state index in [0.717, 1.165) is 13.1 Å². The van der Waals surface area contributed by atoms with Crippen LogP contribution in [0.1, 0.15) is 26.7 Å². The third kappa shape index (κ3) is 2.10. The van der Waals surface area contributed by atoms with Gasteiger partial charge in [-0.15, -0.1) is 0 Å². The second-order valence-corrected chi connectivity index (χ2v) is 5.63. The molecule has 2 rings (SSSR count). The van der Waals surface area contributed by atoms with E-state index in [0.29, 0.717) is 12.8 Å². The molecule has 0 bridgehead atoms. The maximum Gasteiger partial charge on any atom is 0.317 e. The fourth-order valence-corrected chi connectivity index (χ4v) is 3.34. The molecule has 1 spiro atoms. The minimum absolute atomic E-state index is 0.0661. The van der Waals surface area contributed by atoms with Crippen molar-refractivity contribution in [2.45, 2.75) is 26.7 Å². The lowest BCUT2D eigenvalue weighted by atomic mass is 9.69. The van der Waals surface area contributed by atoms with E-state index in [2.05, 4.69) is 4.90 Å². The van der Waals surface area contributed by atoms with Crippen molar-refractivity contribution in [1.82, 2.24) is 4.90 Å². The summed E-state index contributed by atoms with van der Waals surface area (Å²) in [5.41, 5.74) is -0.810. The van der Waals surface area contributed by atoms with Crippen molar-refractivity contribution < 1.29 is 19.1 Å². The summed E-state index contributed by atoms with van der Waals surface area (Å²) in [4.78, 5) is 38.9. The monoisotopic (exact) mass is 267 g/mol. The Morgan fingerprint density at radius 3 is 2.47 bits per heavy atom. The van der Waals surface area contributed by atoms with Crippen LogP contribution in [0.15, 0.2) is 0 Å². The molecule has 106 valence electrons. The van der Waals surface area contributed by atoms with Crippen LogP contribution < -0.4 is 0 Å². The molecule has 0 aromatic heterocycles. The Bertz CT molecular complexity index is 410. The number of carbonyl (C=O) groups excluding carboxylic acids is 3. The molecule has 0 N–H and O–H groups in total. The van der Waals surface area contributed by atoms with Gasteiger partial charge in [0.2, 0.25) is 0 Å². The van der Waals surface area contributed by atoms with Crippen molar-refractivity contribution >= 4 is 17.5 Å². The van der Waals surface area contributed by atoms with Crippen molar-refractivity contribution in [2.75, 3.05) is 26.7 Å². The highest BCUT2D eigenvalue weighted by Crippen LogP contribution is 2.48. The first-order valence-electron chi connectivity index (χ1n) is 6.87. The molecule has 2 aliphatic rings. The second-order valence-electron chi connectivity index (χ2n) is 5.63. The van der Waals surface area contributed by atoms with E-state index in [1.807, 2.05) is 7.05 Å². The topological polar surface area (TPSA) is 63.7 Å². The molecular weight excluding hydrogens is 246 g/mol. The van der Waals surface area contributed by atoms with Crippen molar-refractivity contribution in [3.8, 4) is 0 Å². The predicted octanol–water partition coefficient (Wildman–Crippen LogP) is 0.666. The molecule has 5 heteroatoms. The van der Waals surface area contributed by atoms with Crippen molar-refractivity contribution in [3.05, 3.63) is 0 Å². The lowest BCUT2D eigenvalue weighted by Gasteiger charge is -2.38. The molecule has 1 saturated carbocycles. The Balaban J connectivity index is 2.34. The Labute approximate surface area is 113 Å². The first kappa shape index (κ1) is 14.2. The number of carbonyl (C=O) groups is 3. The average molecular weight is 267 g/mol. The number of Topliss-reactive ketones (excluding diaryl/α,β-unsaturated/α-hetero) is 2. The number of piperidine rings is 1. The number of ether oxygens (including phenoxy) is 1. The van der Waals surface area contributed by atoms with Crippen LogP contribution in [0, 0.1) is 17.3 Å². The molecule has 5 nitrogen and oxygen atoms in total. The summed E-state index contributed by atoms with van der Waals surface area (Å²) >= 11 is 0. The number of hydrogen-bond donors (Lipinski definition) is 0. The average Bonchev–Trinajstić information content (AvgIpc) is 2.56. The summed E-state index contributed by atoms with van der Waals surface area (Å²) < 4.78 is 5.02. The highest BCUT2D eigenvalue weighted by atomic mass is 16.5. The summed E-state index contributed by atoms with van der Waals surface area (Å²) in [5.74, 6) is -2.40. The van der Waals surface area contributed by atoms with E-state index in [1.165, 1.54) is 0 Å². The van der Waals surface area contributed by atoms with Gasteiger partial charge in [0, 0.05) is 0 Å². The minimum Gasteiger partial charge on any atom is -0.465 e. The maximum absolute atomic E-state index is 12.5. The van der Waals surface area contributed by atoms with Gasteiger partial charge in [0.25, 0.3) is 0 Å². The third-order valence-corrected chi connectivity index (χ3v) is 4.55. The predicted molar refractivity (Wildman–Crippen MR) is 68.5 cm³/mol. The fraction of sp³-hybridized carbons (Fsp3) is 0.786. The van der Waals surface area contributed by atoms with Crippen molar-refractivity contribution in [2.24, 2.45) is 17.3 Å². The summed E-state index contributed by atoms with van der Waals surface area (Å²) in [7, 11) is 1.98. The van der Waals surface area contributed by atoms with Crippen LogP contribution in [0.5, 0.6) is 0 Å². The molecule has 0 amide bonds. The van der Waals surface area contributed by atoms with Gasteiger partial charge in [-0.3, -0.25) is 14.4 Å². The quantitative estimate of drug-likeness (QED) is 0.543. The van der Waals surface area contributed by atoms with E-state index in [4.69, 9.17) is 4.74 Å². The maximum atomic E-state index is 12.5. The number of rotatable bonds is 2. The second kappa shape index (κ2) is 5.04. The van der Waals surface area contributed by atoms with E-state index in [-0.39, 0.29) is 18.2 Å². The summed E-state index contributed by atoms with van der Waals surface area (Å²) in [5, 5.41) is 0. The van der Waals surface area contributed by atoms with Gasteiger partial charge in [-0.2, -0.15) is 0 Å². The zero-order valence-corrected chi connectivity index (χ0v) is 11.8. The lowest BCUT2D eigenvalue weighted by Crippen LogP contribution is -2.47. The molecule has 2 unspecified atom stereocenters. The molecule has 1 heterocycles. The van der Waals surface area contributed by atoms with Crippen LogP contribution in [0.2, 0.25) is 0 Å². The summed E-state index contributed by atoms with van der Waals surface area (Å²) in [6.45, 7) is 5.04. The van der Waals surface area contributed by atoms with E-state index >= 15 is 0 Å². The zero-order valence-electron chi connectivity index (χ0n) is 11.8. The Kier molecular flexibility index (Phi) is 3.76. The molecule has 1 saturated heterocycles. The SMILES string of the molecule is CCOC(=O)C1C(=O)C(C)C(=O)C12CCN(C)CC2. The highest BCUT2D eigenvalue weighted by molar-refractivity contribution is 6.20. The standard InChI is InChI=1S/C14H21NO4/c1-4-19-13(18)10-11(16)9(2)12(17)14(10)5-7-15(3)8-6-14/h9-10H,4-8H2,1-3H3. The third-order valence-electron chi connectivity index (χ3n) is 4.55. The highest BCUT2D eigenvalue weighted by Gasteiger charge is 2.62. The van der Waals surface area contributed by atoms with Gasteiger partial charge in [-0.25, -0.2) is 0 Å². The zero-order chi connectivity index (χ0) is 14.2. The molecule has 0 radical (unpaired) electrons. The molecule has 1 aliphatic heterocycles. The summed E-state index contributed by atoms with van der Waals surface area (Å²) in [6, 6.07) is 0. The van der Waals surface area contributed by atoms with Crippen LogP contribution in [0.3, 0.4) is 0 Å². The van der Waals surface area contributed by atoms with E-state index in [9.17, 15) is 14.4 Å². The van der Waals surface area contributed by atoms with Gasteiger partial charge in [0.1, 0.15) is 5.92 Å². The van der Waals surface area contributed by atoms with Crippen LogP contribution in [0.4, 0.5) is 0 Å². The number of ketones is 2. The normalized spacial score (nSPS) is 30.9. The molecule has 0 aromatic rings. The van der Waals surface area contributed by atoms with Gasteiger partial charge in [-0.05, 0) is 46.8 Å². The lowest BCUT2D eigenvalue weighted by molar-refractivity contribution is -0.158. The van der Waals surface area contributed by atoms with Gasteiger partial charge in [-0.1, -0.05) is 0 Å². The number of nitrogens with zero attached hydrogens (tertiary/aromatic N) is 1. The Morgan fingerprint density at radius 2 is 1.95 bits per heavy atom. The van der Waals surface area contributed by atoms with Crippen LogP contribution in [0.25, 0.3) is 0 Å². The summed E-state index contributed by atoms with van der Waals surface area (Å²) in [6.07, 6.45) is 1.14. The number of esters is 1. The van der Waals surface area contributed by atoms with Crippen LogP contribution in [-0.2, 0) is 19.1 Å². The van der Waals surface area contributed by atoms with E-state index < -0.39 is 23.2 Å². The smallest absolute Gasteiger partial charge is 0.317 e. The Hall–Kier alpha value is -1.23. The minimum atomic E-state index is -0.886. The van der Waals surface area contributed by atoms with E-state index in [1.54, 1.807) is 13.8 Å². The number of likely N-dealkylation sites (tertiary alicyclic amines) is 1. The Morgan fingerprint density at radius 1 is 1.37 bits per heavy atom. The molecule has 0 aromatic carbocycles.